The summed E-state index contributed by atoms with van der Waals surface area (Å²) < 4.78 is 25.0. The summed E-state index contributed by atoms with van der Waals surface area (Å²) in [6, 6.07) is 19.7. The Morgan fingerprint density at radius 1 is 0.909 bits per heavy atom. The molecule has 0 aromatic heterocycles. The molecule has 0 aliphatic carbocycles. The Hall–Kier alpha value is -2.30. The molecule has 3 aromatic rings. The van der Waals surface area contributed by atoms with Gasteiger partial charge in [-0.25, -0.2) is 4.39 Å². The number of nitrogens with one attached hydrogen (secondary N) is 1. The smallest absolute Gasteiger partial charge is 0.324 e. The molecule has 0 amide bonds. The van der Waals surface area contributed by atoms with Crippen LogP contribution in [0.5, 0.6) is 0 Å². The summed E-state index contributed by atoms with van der Waals surface area (Å²) in [7, 11) is -3.94. The highest BCUT2D eigenvalue weighted by Gasteiger charge is 2.18. The molecule has 176 valence electrons. The summed E-state index contributed by atoms with van der Waals surface area (Å²) in [6.07, 6.45) is 1.11. The van der Waals surface area contributed by atoms with Gasteiger partial charge in [-0.1, -0.05) is 48.5 Å². The molecule has 0 saturated heterocycles. The number of hydrogen-bond donors (Lipinski definition) is 3. The number of aryl methyl sites for hydroxylation is 3. The SMILES string of the molecule is Cc1ccc(CC(c2cccc(F)c2)c2ccc(CNCCCP(=O)(O)O)cc2C)cc1C. The van der Waals surface area contributed by atoms with Gasteiger partial charge in [0.1, 0.15) is 5.82 Å². The van der Waals surface area contributed by atoms with Crippen molar-refractivity contribution in [3.05, 3.63) is 105 Å². The average Bonchev–Trinajstić information content (AvgIpc) is 2.74. The lowest BCUT2D eigenvalue weighted by molar-refractivity contribution is 0.371. The molecule has 3 N–H and O–H groups in total. The van der Waals surface area contributed by atoms with Gasteiger partial charge in [-0.05, 0) is 91.2 Å². The standard InChI is InChI=1S/C27H33FNO3P/c1-19-8-9-22(14-20(19)2)16-27(24-6-4-7-25(28)17-24)26-11-10-23(15-21(26)3)18-29-12-5-13-33(30,31)32/h4,6-11,14-15,17,27,29H,5,12-13,16,18H2,1-3H3,(H2,30,31,32). The third kappa shape index (κ3) is 7.62. The molecule has 1 atom stereocenters. The average molecular weight is 470 g/mol. The Balaban J connectivity index is 1.79. The Morgan fingerprint density at radius 2 is 1.64 bits per heavy atom. The third-order valence-electron chi connectivity index (χ3n) is 6.10. The van der Waals surface area contributed by atoms with Crippen LogP contribution in [0, 0.1) is 26.6 Å². The molecule has 3 aromatic carbocycles. The van der Waals surface area contributed by atoms with E-state index in [9.17, 15) is 8.96 Å². The Kier molecular flexibility index (Phi) is 8.61. The van der Waals surface area contributed by atoms with Crippen molar-refractivity contribution in [1.29, 1.82) is 0 Å². The van der Waals surface area contributed by atoms with E-state index in [0.29, 0.717) is 19.5 Å². The zero-order valence-electron chi connectivity index (χ0n) is 19.5. The summed E-state index contributed by atoms with van der Waals surface area (Å²) in [5.74, 6) is -0.195. The topological polar surface area (TPSA) is 69.6 Å². The molecule has 0 bridgehead atoms. The minimum absolute atomic E-state index is 0.0352. The lowest BCUT2D eigenvalue weighted by Gasteiger charge is -2.22. The van der Waals surface area contributed by atoms with Crippen molar-refractivity contribution in [2.75, 3.05) is 12.7 Å². The second kappa shape index (κ2) is 11.2. The molecule has 0 radical (unpaired) electrons. The normalized spacial score (nSPS) is 12.7. The first kappa shape index (κ1) is 25.3. The van der Waals surface area contributed by atoms with Crippen molar-refractivity contribution in [3.8, 4) is 0 Å². The van der Waals surface area contributed by atoms with E-state index < -0.39 is 7.60 Å². The molecule has 33 heavy (non-hydrogen) atoms. The van der Waals surface area contributed by atoms with E-state index in [0.717, 1.165) is 23.1 Å². The van der Waals surface area contributed by atoms with Crippen molar-refractivity contribution < 1.29 is 18.7 Å². The fraction of sp³-hybridized carbons (Fsp3) is 0.333. The van der Waals surface area contributed by atoms with E-state index in [1.165, 1.54) is 28.3 Å². The third-order valence-corrected chi connectivity index (χ3v) is 7.00. The van der Waals surface area contributed by atoms with Gasteiger partial charge in [-0.2, -0.15) is 0 Å². The van der Waals surface area contributed by atoms with E-state index >= 15 is 0 Å². The lowest BCUT2D eigenvalue weighted by Crippen LogP contribution is -2.16. The maximum absolute atomic E-state index is 14.1. The molecule has 0 fully saturated rings. The van der Waals surface area contributed by atoms with Gasteiger partial charge in [-0.3, -0.25) is 4.57 Å². The number of halogens is 1. The van der Waals surface area contributed by atoms with Crippen LogP contribution in [-0.2, 0) is 17.5 Å². The van der Waals surface area contributed by atoms with Crippen molar-refractivity contribution in [3.63, 3.8) is 0 Å². The van der Waals surface area contributed by atoms with Gasteiger partial charge in [0.15, 0.2) is 0 Å². The summed E-state index contributed by atoms with van der Waals surface area (Å²) in [6.45, 7) is 7.48. The molecule has 0 aliphatic rings. The van der Waals surface area contributed by atoms with Crippen molar-refractivity contribution in [1.82, 2.24) is 5.32 Å². The molecule has 1 unspecified atom stereocenters. The van der Waals surface area contributed by atoms with Crippen LogP contribution in [0.25, 0.3) is 0 Å². The Morgan fingerprint density at radius 3 is 2.30 bits per heavy atom. The zero-order chi connectivity index (χ0) is 24.0. The largest absolute Gasteiger partial charge is 0.325 e. The molecule has 3 rings (SSSR count). The molecular weight excluding hydrogens is 436 g/mol. The molecule has 4 nitrogen and oxygen atoms in total. The fourth-order valence-electron chi connectivity index (χ4n) is 4.18. The molecule has 0 aliphatic heterocycles. The van der Waals surface area contributed by atoms with Gasteiger partial charge in [-0.15, -0.1) is 0 Å². The van der Waals surface area contributed by atoms with Gasteiger partial charge in [0, 0.05) is 12.5 Å². The van der Waals surface area contributed by atoms with Crippen LogP contribution in [0.2, 0.25) is 0 Å². The minimum Gasteiger partial charge on any atom is -0.324 e. The van der Waals surface area contributed by atoms with Crippen molar-refractivity contribution >= 4 is 7.60 Å². The van der Waals surface area contributed by atoms with E-state index in [2.05, 4.69) is 62.5 Å². The molecular formula is C27H33FNO3P. The summed E-state index contributed by atoms with van der Waals surface area (Å²) in [5.41, 5.74) is 8.11. The molecule has 6 heteroatoms. The Labute approximate surface area is 196 Å². The van der Waals surface area contributed by atoms with E-state index in [1.54, 1.807) is 12.1 Å². The van der Waals surface area contributed by atoms with Crippen LogP contribution in [0.3, 0.4) is 0 Å². The Bertz CT molecular complexity index is 1140. The second-order valence-electron chi connectivity index (χ2n) is 8.84. The molecule has 0 spiro atoms. The van der Waals surface area contributed by atoms with E-state index in [4.69, 9.17) is 9.79 Å². The monoisotopic (exact) mass is 469 g/mol. The highest BCUT2D eigenvalue weighted by atomic mass is 31.2. The van der Waals surface area contributed by atoms with Gasteiger partial charge >= 0.3 is 7.60 Å². The summed E-state index contributed by atoms with van der Waals surface area (Å²) in [4.78, 5) is 17.9. The van der Waals surface area contributed by atoms with Gasteiger partial charge < -0.3 is 15.1 Å². The minimum atomic E-state index is -3.94. The van der Waals surface area contributed by atoms with Crippen molar-refractivity contribution in [2.24, 2.45) is 0 Å². The predicted octanol–water partition coefficient (Wildman–Crippen LogP) is 5.78. The van der Waals surface area contributed by atoms with Crippen LogP contribution in [0.1, 0.15) is 51.3 Å². The summed E-state index contributed by atoms with van der Waals surface area (Å²) in [5, 5.41) is 3.25. The van der Waals surface area contributed by atoms with Crippen LogP contribution in [0.4, 0.5) is 4.39 Å². The number of hydrogen-bond acceptors (Lipinski definition) is 2. The van der Waals surface area contributed by atoms with Crippen molar-refractivity contribution in [2.45, 2.75) is 46.1 Å². The quantitative estimate of drug-likeness (QED) is 0.260. The predicted molar refractivity (Wildman–Crippen MR) is 132 cm³/mol. The van der Waals surface area contributed by atoms with Gasteiger partial charge in [0.05, 0.1) is 6.16 Å². The first-order valence-corrected chi connectivity index (χ1v) is 13.1. The van der Waals surface area contributed by atoms with Gasteiger partial charge in [0.2, 0.25) is 0 Å². The van der Waals surface area contributed by atoms with Crippen LogP contribution < -0.4 is 5.32 Å². The highest BCUT2D eigenvalue weighted by Crippen LogP contribution is 2.34. The number of benzene rings is 3. The highest BCUT2D eigenvalue weighted by molar-refractivity contribution is 7.51. The summed E-state index contributed by atoms with van der Waals surface area (Å²) >= 11 is 0. The fourth-order valence-corrected chi connectivity index (χ4v) is 4.75. The first-order valence-electron chi connectivity index (χ1n) is 11.3. The lowest BCUT2D eigenvalue weighted by atomic mass is 9.83. The van der Waals surface area contributed by atoms with Crippen LogP contribution in [0.15, 0.2) is 60.7 Å². The van der Waals surface area contributed by atoms with E-state index in [1.807, 2.05) is 6.07 Å². The zero-order valence-corrected chi connectivity index (χ0v) is 20.4. The first-order chi connectivity index (χ1) is 15.6. The molecule has 0 saturated carbocycles. The van der Waals surface area contributed by atoms with Crippen LogP contribution in [-0.4, -0.2) is 22.5 Å². The molecule has 0 heterocycles. The second-order valence-corrected chi connectivity index (χ2v) is 10.6. The number of rotatable bonds is 10. The van der Waals surface area contributed by atoms with Gasteiger partial charge in [0.25, 0.3) is 0 Å². The van der Waals surface area contributed by atoms with Crippen LogP contribution >= 0.6 is 7.60 Å². The maximum Gasteiger partial charge on any atom is 0.325 e. The van der Waals surface area contributed by atoms with E-state index in [-0.39, 0.29) is 17.9 Å². The maximum atomic E-state index is 14.1.